The number of methoxy groups -OCH3 is 1. The van der Waals surface area contributed by atoms with Gasteiger partial charge in [0.1, 0.15) is 12.4 Å². The standard InChI is InChI=1S/C30H30Br2N2O6S/c1-7-11-39-27-19(12-20(31)15-21(27)32)14-24-28(35)34-26(18-9-10-22(40-16(3)4)23(13-18)37-6)25(29(36)38-8-2)17(5)33-30(34)41-24/h7,9-10,12-16,26H,1,8,11H2,2-6H3/b24-14+/t26-/m1/s1. The highest BCUT2D eigenvalue weighted by molar-refractivity contribution is 9.11. The maximum absolute atomic E-state index is 14.1. The number of fused-ring (bicyclic) bond motifs is 1. The Morgan fingerprint density at radius 1 is 1.22 bits per heavy atom. The zero-order valence-electron chi connectivity index (χ0n) is 23.3. The van der Waals surface area contributed by atoms with Crippen molar-refractivity contribution in [2.45, 2.75) is 39.8 Å². The molecule has 0 spiro atoms. The summed E-state index contributed by atoms with van der Waals surface area (Å²) in [6.45, 7) is 11.5. The van der Waals surface area contributed by atoms with Gasteiger partial charge >= 0.3 is 5.97 Å². The quantitative estimate of drug-likeness (QED) is 0.199. The molecule has 0 N–H and O–H groups in total. The van der Waals surface area contributed by atoms with E-state index in [4.69, 9.17) is 18.9 Å². The van der Waals surface area contributed by atoms with Crippen LogP contribution in [0.4, 0.5) is 0 Å². The molecule has 216 valence electrons. The van der Waals surface area contributed by atoms with Crippen molar-refractivity contribution in [3.8, 4) is 17.2 Å². The van der Waals surface area contributed by atoms with Crippen molar-refractivity contribution in [2.75, 3.05) is 20.3 Å². The number of hydrogen-bond acceptors (Lipinski definition) is 8. The van der Waals surface area contributed by atoms with Crippen LogP contribution in [0.5, 0.6) is 17.2 Å². The fraction of sp³-hybridized carbons (Fsp3) is 0.300. The first-order chi connectivity index (χ1) is 19.6. The minimum Gasteiger partial charge on any atom is -0.493 e. The van der Waals surface area contributed by atoms with E-state index in [1.54, 1.807) is 45.2 Å². The molecule has 0 aliphatic carbocycles. The molecule has 0 radical (unpaired) electrons. The summed E-state index contributed by atoms with van der Waals surface area (Å²) in [6.07, 6.45) is 3.35. The van der Waals surface area contributed by atoms with E-state index >= 15 is 0 Å². The summed E-state index contributed by atoms with van der Waals surface area (Å²) in [6, 6.07) is 8.33. The minimum atomic E-state index is -0.791. The van der Waals surface area contributed by atoms with E-state index in [0.717, 1.165) is 8.95 Å². The second kappa shape index (κ2) is 13.2. The molecule has 0 bridgehead atoms. The third kappa shape index (κ3) is 6.52. The van der Waals surface area contributed by atoms with Crippen LogP contribution in [-0.2, 0) is 9.53 Å². The van der Waals surface area contributed by atoms with Gasteiger partial charge in [-0.15, -0.1) is 0 Å². The number of carbonyl (C=O) groups excluding carboxylic acids is 1. The van der Waals surface area contributed by atoms with Gasteiger partial charge in [-0.25, -0.2) is 9.79 Å². The second-order valence-electron chi connectivity index (χ2n) is 9.28. The molecule has 1 aliphatic heterocycles. The van der Waals surface area contributed by atoms with E-state index < -0.39 is 12.0 Å². The van der Waals surface area contributed by atoms with Crippen molar-refractivity contribution in [2.24, 2.45) is 4.99 Å². The molecule has 1 aromatic heterocycles. The molecular formula is C30H30Br2N2O6S. The third-order valence-corrected chi connectivity index (χ3v) is 8.08. The normalized spacial score (nSPS) is 14.9. The molecule has 4 rings (SSSR count). The first-order valence-electron chi connectivity index (χ1n) is 12.9. The molecule has 2 aromatic carbocycles. The Morgan fingerprint density at radius 3 is 2.63 bits per heavy atom. The average molecular weight is 706 g/mol. The Kier molecular flexibility index (Phi) is 9.93. The molecule has 2 heterocycles. The summed E-state index contributed by atoms with van der Waals surface area (Å²) in [7, 11) is 1.55. The number of thiazole rings is 1. The van der Waals surface area contributed by atoms with Crippen molar-refractivity contribution in [3.63, 3.8) is 0 Å². The van der Waals surface area contributed by atoms with Gasteiger partial charge in [-0.1, -0.05) is 46.0 Å². The monoisotopic (exact) mass is 704 g/mol. The predicted molar refractivity (Wildman–Crippen MR) is 167 cm³/mol. The summed E-state index contributed by atoms with van der Waals surface area (Å²) in [5.41, 5.74) is 1.80. The molecule has 0 saturated heterocycles. The zero-order chi connectivity index (χ0) is 29.8. The van der Waals surface area contributed by atoms with E-state index in [2.05, 4.69) is 43.4 Å². The van der Waals surface area contributed by atoms with Crippen molar-refractivity contribution in [1.29, 1.82) is 0 Å². The van der Waals surface area contributed by atoms with Gasteiger partial charge in [0.05, 0.1) is 46.1 Å². The lowest BCUT2D eigenvalue weighted by Crippen LogP contribution is -2.40. The van der Waals surface area contributed by atoms with Crippen LogP contribution in [0.3, 0.4) is 0 Å². The van der Waals surface area contributed by atoms with Crippen molar-refractivity contribution in [3.05, 3.63) is 94.0 Å². The molecule has 0 unspecified atom stereocenters. The number of carbonyl (C=O) groups is 1. The summed E-state index contributed by atoms with van der Waals surface area (Å²) in [4.78, 5) is 32.4. The number of halogens is 2. The van der Waals surface area contributed by atoms with E-state index in [1.807, 2.05) is 32.0 Å². The summed E-state index contributed by atoms with van der Waals surface area (Å²) in [5.74, 6) is 1.08. The number of hydrogen-bond donors (Lipinski definition) is 0. The van der Waals surface area contributed by atoms with Crippen LogP contribution in [0.15, 0.2) is 73.0 Å². The Bertz CT molecular complexity index is 1710. The Morgan fingerprint density at radius 2 is 1.98 bits per heavy atom. The van der Waals surface area contributed by atoms with Crippen LogP contribution in [0.2, 0.25) is 0 Å². The number of aromatic nitrogens is 1. The molecule has 8 nitrogen and oxygen atoms in total. The van der Waals surface area contributed by atoms with E-state index in [-0.39, 0.29) is 23.8 Å². The summed E-state index contributed by atoms with van der Waals surface area (Å²) >= 11 is 8.30. The molecule has 3 aromatic rings. The van der Waals surface area contributed by atoms with Crippen LogP contribution >= 0.6 is 43.2 Å². The number of ether oxygens (including phenoxy) is 4. The van der Waals surface area contributed by atoms with Crippen LogP contribution in [0.25, 0.3) is 6.08 Å². The Balaban J connectivity index is 1.97. The molecule has 0 saturated carbocycles. The minimum absolute atomic E-state index is 0.0666. The first kappa shape index (κ1) is 30.8. The van der Waals surface area contributed by atoms with Crippen molar-refractivity contribution < 1.29 is 23.7 Å². The number of esters is 1. The van der Waals surface area contributed by atoms with Gasteiger partial charge in [0, 0.05) is 10.0 Å². The molecule has 1 atom stereocenters. The van der Waals surface area contributed by atoms with E-state index in [9.17, 15) is 9.59 Å². The lowest BCUT2D eigenvalue weighted by atomic mass is 9.95. The smallest absolute Gasteiger partial charge is 0.338 e. The highest BCUT2D eigenvalue weighted by Gasteiger charge is 2.34. The largest absolute Gasteiger partial charge is 0.493 e. The topological polar surface area (TPSA) is 88.3 Å². The van der Waals surface area contributed by atoms with Crippen molar-refractivity contribution in [1.82, 2.24) is 4.57 Å². The van der Waals surface area contributed by atoms with Crippen molar-refractivity contribution >= 4 is 55.2 Å². The lowest BCUT2D eigenvalue weighted by molar-refractivity contribution is -0.139. The third-order valence-electron chi connectivity index (χ3n) is 6.05. The van der Waals surface area contributed by atoms with Gasteiger partial charge in [-0.3, -0.25) is 9.36 Å². The van der Waals surface area contributed by atoms with E-state index in [0.29, 0.717) is 50.0 Å². The maximum atomic E-state index is 14.1. The van der Waals surface area contributed by atoms with Gasteiger partial charge < -0.3 is 18.9 Å². The van der Waals surface area contributed by atoms with Crippen LogP contribution in [0, 0.1) is 0 Å². The van der Waals surface area contributed by atoms with Crippen LogP contribution in [-0.4, -0.2) is 37.0 Å². The summed E-state index contributed by atoms with van der Waals surface area (Å²) < 4.78 is 26.3. The molecule has 0 fully saturated rings. The van der Waals surface area contributed by atoms with Crippen LogP contribution in [0.1, 0.15) is 44.9 Å². The number of allylic oxidation sites excluding steroid dienone is 1. The second-order valence-corrected chi connectivity index (χ2v) is 12.1. The van der Waals surface area contributed by atoms with Gasteiger partial charge in [-0.2, -0.15) is 0 Å². The molecule has 0 amide bonds. The molecule has 1 aliphatic rings. The lowest BCUT2D eigenvalue weighted by Gasteiger charge is -2.25. The fourth-order valence-electron chi connectivity index (χ4n) is 4.44. The van der Waals surface area contributed by atoms with Gasteiger partial charge in [-0.05, 0) is 79.5 Å². The predicted octanol–water partition coefficient (Wildman–Crippen LogP) is 5.68. The number of nitrogens with zero attached hydrogens (tertiary/aromatic N) is 2. The number of rotatable bonds is 10. The summed E-state index contributed by atoms with van der Waals surface area (Å²) in [5, 5.41) is 0. The highest BCUT2D eigenvalue weighted by Crippen LogP contribution is 2.37. The SMILES string of the molecule is C=CCOc1c(Br)cc(Br)cc1/C=c1/sc2n(c1=O)[C@H](c1ccc(OC(C)C)c(OC)c1)C(C(=O)OCC)=C(C)N=2. The molecule has 41 heavy (non-hydrogen) atoms. The Labute approximate surface area is 258 Å². The maximum Gasteiger partial charge on any atom is 0.338 e. The molecular weight excluding hydrogens is 676 g/mol. The van der Waals surface area contributed by atoms with Gasteiger partial charge in [0.2, 0.25) is 0 Å². The Hall–Kier alpha value is -3.15. The number of benzene rings is 2. The first-order valence-corrected chi connectivity index (χ1v) is 15.3. The van der Waals surface area contributed by atoms with E-state index in [1.165, 1.54) is 15.9 Å². The molecule has 11 heteroatoms. The van der Waals surface area contributed by atoms with Gasteiger partial charge in [0.25, 0.3) is 5.56 Å². The van der Waals surface area contributed by atoms with Gasteiger partial charge in [0.15, 0.2) is 16.3 Å². The van der Waals surface area contributed by atoms with Crippen LogP contribution < -0.4 is 29.1 Å². The average Bonchev–Trinajstić information content (AvgIpc) is 3.21. The zero-order valence-corrected chi connectivity index (χ0v) is 27.3. The highest BCUT2D eigenvalue weighted by atomic mass is 79.9. The fourth-order valence-corrected chi connectivity index (χ4v) is 6.85.